The summed E-state index contributed by atoms with van der Waals surface area (Å²) in [6.45, 7) is 0.682. The van der Waals surface area contributed by atoms with Crippen LogP contribution in [0.2, 0.25) is 0 Å². The van der Waals surface area contributed by atoms with Gasteiger partial charge < -0.3 is 14.4 Å². The van der Waals surface area contributed by atoms with Gasteiger partial charge in [-0.15, -0.1) is 22.7 Å². The van der Waals surface area contributed by atoms with Gasteiger partial charge in [-0.05, 0) is 52.6 Å². The van der Waals surface area contributed by atoms with Crippen molar-refractivity contribution in [3.8, 4) is 11.5 Å². The predicted octanol–water partition coefficient (Wildman–Crippen LogP) is 4.61. The number of fused-ring (bicyclic) bond motifs is 1. The van der Waals surface area contributed by atoms with Gasteiger partial charge in [0.2, 0.25) is 0 Å². The first kappa shape index (κ1) is 17.1. The van der Waals surface area contributed by atoms with Gasteiger partial charge in [-0.2, -0.15) is 0 Å². The molecule has 0 bridgehead atoms. The Bertz CT molecular complexity index is 904. The number of amides is 1. The topological polar surface area (TPSA) is 38.8 Å². The van der Waals surface area contributed by atoms with Gasteiger partial charge in [0.25, 0.3) is 5.91 Å². The first-order valence-electron chi connectivity index (χ1n) is 8.35. The van der Waals surface area contributed by atoms with Crippen LogP contribution in [0.15, 0.2) is 47.2 Å². The number of carbonyl (C=O) groups excluding carboxylic acids is 1. The smallest absolute Gasteiger partial charge is 0.264 e. The van der Waals surface area contributed by atoms with Gasteiger partial charge in [0.1, 0.15) is 0 Å². The minimum atomic E-state index is -0.104. The van der Waals surface area contributed by atoms with E-state index in [1.807, 2.05) is 40.6 Å². The summed E-state index contributed by atoms with van der Waals surface area (Å²) >= 11 is 3.16. The number of hydrogen-bond donors (Lipinski definition) is 0. The zero-order chi connectivity index (χ0) is 18.1. The SMILES string of the molecule is COc1cc2c(cc1OC)[C@@H](c1cccs1)N(C(=O)c1cccs1)CC2. The van der Waals surface area contributed by atoms with E-state index in [1.54, 1.807) is 25.6 Å². The zero-order valence-corrected chi connectivity index (χ0v) is 16.2. The van der Waals surface area contributed by atoms with Crippen LogP contribution < -0.4 is 9.47 Å². The second-order valence-corrected chi connectivity index (χ2v) is 7.98. The average Bonchev–Trinajstić information content (AvgIpc) is 3.39. The van der Waals surface area contributed by atoms with E-state index in [1.165, 1.54) is 16.9 Å². The Balaban J connectivity index is 1.83. The van der Waals surface area contributed by atoms with Gasteiger partial charge in [-0.25, -0.2) is 0 Å². The van der Waals surface area contributed by atoms with Gasteiger partial charge in [-0.3, -0.25) is 4.79 Å². The number of benzene rings is 1. The molecule has 134 valence electrons. The van der Waals surface area contributed by atoms with E-state index in [-0.39, 0.29) is 11.9 Å². The number of methoxy groups -OCH3 is 2. The molecule has 0 fully saturated rings. The Morgan fingerprint density at radius 3 is 2.46 bits per heavy atom. The molecule has 3 heterocycles. The third kappa shape index (κ3) is 2.89. The lowest BCUT2D eigenvalue weighted by Crippen LogP contribution is -2.40. The lowest BCUT2D eigenvalue weighted by atomic mass is 9.90. The fourth-order valence-electron chi connectivity index (χ4n) is 3.46. The average molecular weight is 386 g/mol. The maximum Gasteiger partial charge on any atom is 0.264 e. The third-order valence-electron chi connectivity index (χ3n) is 4.68. The summed E-state index contributed by atoms with van der Waals surface area (Å²) in [5.41, 5.74) is 2.32. The predicted molar refractivity (Wildman–Crippen MR) is 105 cm³/mol. The van der Waals surface area contributed by atoms with Gasteiger partial charge in [-0.1, -0.05) is 12.1 Å². The third-order valence-corrected chi connectivity index (χ3v) is 6.46. The van der Waals surface area contributed by atoms with Crippen LogP contribution >= 0.6 is 22.7 Å². The van der Waals surface area contributed by atoms with Crippen molar-refractivity contribution in [2.45, 2.75) is 12.5 Å². The van der Waals surface area contributed by atoms with Crippen molar-refractivity contribution in [1.82, 2.24) is 4.90 Å². The van der Waals surface area contributed by atoms with Crippen LogP contribution in [0.1, 0.15) is 31.7 Å². The van der Waals surface area contributed by atoms with Crippen LogP contribution in [0, 0.1) is 0 Å². The fourth-order valence-corrected chi connectivity index (χ4v) is 4.99. The summed E-state index contributed by atoms with van der Waals surface area (Å²) in [7, 11) is 3.29. The Labute approximate surface area is 160 Å². The molecule has 1 aliphatic heterocycles. The first-order valence-corrected chi connectivity index (χ1v) is 10.1. The van der Waals surface area contributed by atoms with Crippen LogP contribution in [-0.4, -0.2) is 31.6 Å². The number of hydrogen-bond acceptors (Lipinski definition) is 5. The molecule has 4 nitrogen and oxygen atoms in total. The van der Waals surface area contributed by atoms with Crippen molar-refractivity contribution in [2.24, 2.45) is 0 Å². The number of carbonyl (C=O) groups is 1. The van der Waals surface area contributed by atoms with Crippen LogP contribution in [0.25, 0.3) is 0 Å². The molecule has 1 amide bonds. The van der Waals surface area contributed by atoms with E-state index < -0.39 is 0 Å². The summed E-state index contributed by atoms with van der Waals surface area (Å²) in [5.74, 6) is 1.51. The second kappa shape index (κ2) is 7.13. The number of thiophene rings is 2. The van der Waals surface area contributed by atoms with Gasteiger partial charge >= 0.3 is 0 Å². The number of nitrogens with zero attached hydrogens (tertiary/aromatic N) is 1. The lowest BCUT2D eigenvalue weighted by Gasteiger charge is -2.37. The molecule has 1 atom stereocenters. The number of rotatable bonds is 4. The van der Waals surface area contributed by atoms with Crippen LogP contribution in [0.5, 0.6) is 11.5 Å². The highest BCUT2D eigenvalue weighted by molar-refractivity contribution is 7.12. The molecule has 0 saturated carbocycles. The van der Waals surface area contributed by atoms with Gasteiger partial charge in [0.15, 0.2) is 11.5 Å². The van der Waals surface area contributed by atoms with E-state index in [4.69, 9.17) is 9.47 Å². The molecule has 0 unspecified atom stereocenters. The largest absolute Gasteiger partial charge is 0.493 e. The highest BCUT2D eigenvalue weighted by Gasteiger charge is 2.34. The van der Waals surface area contributed by atoms with Crippen molar-refractivity contribution in [2.75, 3.05) is 20.8 Å². The molecule has 2 aromatic heterocycles. The van der Waals surface area contributed by atoms with E-state index in [9.17, 15) is 4.79 Å². The van der Waals surface area contributed by atoms with Gasteiger partial charge in [0, 0.05) is 11.4 Å². The maximum absolute atomic E-state index is 13.1. The molecule has 0 N–H and O–H groups in total. The quantitative estimate of drug-likeness (QED) is 0.658. The van der Waals surface area contributed by atoms with Gasteiger partial charge in [0.05, 0.1) is 25.1 Å². The minimum Gasteiger partial charge on any atom is -0.493 e. The molecule has 6 heteroatoms. The summed E-state index contributed by atoms with van der Waals surface area (Å²) in [5, 5.41) is 4.00. The normalized spacial score (nSPS) is 16.2. The van der Waals surface area contributed by atoms with Crippen molar-refractivity contribution in [3.63, 3.8) is 0 Å². The van der Waals surface area contributed by atoms with Crippen LogP contribution in [-0.2, 0) is 6.42 Å². The number of ether oxygens (including phenoxy) is 2. The molecule has 0 spiro atoms. The summed E-state index contributed by atoms with van der Waals surface area (Å²) in [6, 6.07) is 11.9. The Hall–Kier alpha value is -2.31. The van der Waals surface area contributed by atoms with E-state index in [0.717, 1.165) is 27.5 Å². The first-order chi connectivity index (χ1) is 12.7. The van der Waals surface area contributed by atoms with E-state index >= 15 is 0 Å². The summed E-state index contributed by atoms with van der Waals surface area (Å²) in [6.07, 6.45) is 0.800. The Kier molecular flexibility index (Phi) is 4.70. The Morgan fingerprint density at radius 1 is 1.08 bits per heavy atom. The second-order valence-electron chi connectivity index (χ2n) is 6.05. The molecule has 26 heavy (non-hydrogen) atoms. The molecule has 1 aliphatic rings. The van der Waals surface area contributed by atoms with Crippen LogP contribution in [0.4, 0.5) is 0 Å². The van der Waals surface area contributed by atoms with E-state index in [0.29, 0.717) is 12.3 Å². The van der Waals surface area contributed by atoms with Crippen molar-refractivity contribution in [3.05, 3.63) is 68.0 Å². The summed E-state index contributed by atoms with van der Waals surface area (Å²) in [4.78, 5) is 17.0. The van der Waals surface area contributed by atoms with Crippen LogP contribution in [0.3, 0.4) is 0 Å². The molecule has 0 radical (unpaired) electrons. The van der Waals surface area contributed by atoms with Crippen molar-refractivity contribution in [1.29, 1.82) is 0 Å². The molecule has 4 rings (SSSR count). The molecule has 0 aliphatic carbocycles. The van der Waals surface area contributed by atoms with E-state index in [2.05, 4.69) is 11.4 Å². The maximum atomic E-state index is 13.1. The molecular weight excluding hydrogens is 366 g/mol. The fraction of sp³-hybridized carbons (Fsp3) is 0.250. The summed E-state index contributed by atoms with van der Waals surface area (Å²) < 4.78 is 11.0. The molecule has 0 saturated heterocycles. The zero-order valence-electron chi connectivity index (χ0n) is 14.6. The lowest BCUT2D eigenvalue weighted by molar-refractivity contribution is 0.0702. The van der Waals surface area contributed by atoms with Crippen molar-refractivity contribution < 1.29 is 14.3 Å². The monoisotopic (exact) mass is 385 g/mol. The Morgan fingerprint density at radius 2 is 1.81 bits per heavy atom. The standard InChI is InChI=1S/C20H19NO3S2/c1-23-15-11-13-7-8-21(20(22)18-6-4-10-26-18)19(17-5-3-9-25-17)14(13)12-16(15)24-2/h3-6,9-12,19H,7-8H2,1-2H3/t19-/m0/s1. The highest BCUT2D eigenvalue weighted by Crippen LogP contribution is 2.42. The molecule has 3 aromatic rings. The highest BCUT2D eigenvalue weighted by atomic mass is 32.1. The van der Waals surface area contributed by atoms with Crippen molar-refractivity contribution >= 4 is 28.6 Å². The minimum absolute atomic E-state index is 0.0823. The molecular formula is C20H19NO3S2. The molecule has 1 aromatic carbocycles.